The number of amides is 1. The zero-order valence-electron chi connectivity index (χ0n) is 18.5. The molecule has 0 radical (unpaired) electrons. The highest BCUT2D eigenvalue weighted by Crippen LogP contribution is 2.28. The fourth-order valence-electron chi connectivity index (χ4n) is 4.35. The van der Waals surface area contributed by atoms with Crippen LogP contribution < -0.4 is 22.0 Å². The molecule has 2 N–H and O–H groups in total. The van der Waals surface area contributed by atoms with Crippen LogP contribution in [0.1, 0.15) is 47.2 Å². The number of rotatable bonds is 4. The van der Waals surface area contributed by atoms with E-state index < -0.39 is 5.91 Å². The number of hydrogen-bond acceptors (Lipinski definition) is 7. The Kier molecular flexibility index (Phi) is 5.45. The second-order valence-corrected chi connectivity index (χ2v) is 9.11. The van der Waals surface area contributed by atoms with E-state index >= 15 is 0 Å². The van der Waals surface area contributed by atoms with Crippen LogP contribution in [-0.4, -0.2) is 25.0 Å². The number of nitrogens with one attached hydrogen (secondary N) is 2. The minimum absolute atomic E-state index is 0.0753. The van der Waals surface area contributed by atoms with Gasteiger partial charge in [-0.2, -0.15) is 0 Å². The van der Waals surface area contributed by atoms with Gasteiger partial charge in [0.2, 0.25) is 5.95 Å². The molecule has 10 heteroatoms. The molecule has 0 saturated heterocycles. The third-order valence-corrected chi connectivity index (χ3v) is 7.27. The van der Waals surface area contributed by atoms with Gasteiger partial charge in [-0.05, 0) is 44.4 Å². The summed E-state index contributed by atoms with van der Waals surface area (Å²) in [4.78, 5) is 49.2. The van der Waals surface area contributed by atoms with Gasteiger partial charge in [-0.3, -0.25) is 34.4 Å². The zero-order valence-corrected chi connectivity index (χ0v) is 19.3. The van der Waals surface area contributed by atoms with Crippen molar-refractivity contribution in [3.05, 3.63) is 61.2 Å². The number of carbonyl (C=O) groups excluding carboxylic acids is 1. The lowest BCUT2D eigenvalue weighted by atomic mass is 10.2. The lowest BCUT2D eigenvalue weighted by molar-refractivity contribution is 0.0965. The van der Waals surface area contributed by atoms with Gasteiger partial charge in [0.1, 0.15) is 10.7 Å². The SMILES string of the molecule is CCn1c(NNC(=O)c2sc3nc4n(c(=O)c3c2C)CCCCC4)nc2ccccc2c1=O. The van der Waals surface area contributed by atoms with Gasteiger partial charge in [0.25, 0.3) is 17.0 Å². The Labute approximate surface area is 193 Å². The normalized spacial score (nSPS) is 13.6. The maximum Gasteiger partial charge on any atom is 0.280 e. The van der Waals surface area contributed by atoms with Crippen LogP contribution in [0.2, 0.25) is 0 Å². The Hall–Kier alpha value is -3.53. The van der Waals surface area contributed by atoms with Gasteiger partial charge in [0.15, 0.2) is 0 Å². The van der Waals surface area contributed by atoms with E-state index in [1.165, 1.54) is 15.9 Å². The first-order valence-corrected chi connectivity index (χ1v) is 11.9. The Morgan fingerprint density at radius 3 is 2.76 bits per heavy atom. The average molecular weight is 465 g/mol. The second-order valence-electron chi connectivity index (χ2n) is 8.11. The number of fused-ring (bicyclic) bond motifs is 3. The number of para-hydroxylation sites is 1. The fourth-order valence-corrected chi connectivity index (χ4v) is 5.44. The summed E-state index contributed by atoms with van der Waals surface area (Å²) < 4.78 is 3.22. The van der Waals surface area contributed by atoms with E-state index in [0.29, 0.717) is 44.6 Å². The van der Waals surface area contributed by atoms with Crippen LogP contribution in [0.25, 0.3) is 21.1 Å². The number of nitrogens with zero attached hydrogens (tertiary/aromatic N) is 4. The Balaban J connectivity index is 1.48. The van der Waals surface area contributed by atoms with Crippen molar-refractivity contribution >= 4 is 44.3 Å². The molecule has 0 aliphatic carbocycles. The van der Waals surface area contributed by atoms with Crippen molar-refractivity contribution in [2.24, 2.45) is 0 Å². The van der Waals surface area contributed by atoms with Crippen molar-refractivity contribution in [2.75, 3.05) is 5.43 Å². The van der Waals surface area contributed by atoms with Crippen molar-refractivity contribution in [3.8, 4) is 0 Å². The van der Waals surface area contributed by atoms with Crippen LogP contribution in [0.4, 0.5) is 5.95 Å². The van der Waals surface area contributed by atoms with Crippen molar-refractivity contribution < 1.29 is 4.79 Å². The largest absolute Gasteiger partial charge is 0.296 e. The Morgan fingerprint density at radius 1 is 1.12 bits per heavy atom. The number of carbonyl (C=O) groups is 1. The van der Waals surface area contributed by atoms with Crippen LogP contribution in [0, 0.1) is 6.92 Å². The summed E-state index contributed by atoms with van der Waals surface area (Å²) in [7, 11) is 0. The van der Waals surface area contributed by atoms with Crippen molar-refractivity contribution in [1.82, 2.24) is 24.5 Å². The van der Waals surface area contributed by atoms with Crippen LogP contribution >= 0.6 is 11.3 Å². The fraction of sp³-hybridized carbons (Fsp3) is 0.348. The van der Waals surface area contributed by atoms with Crippen LogP contribution in [-0.2, 0) is 19.5 Å². The molecule has 1 amide bonds. The minimum Gasteiger partial charge on any atom is -0.296 e. The molecule has 0 unspecified atom stereocenters. The molecule has 4 heterocycles. The van der Waals surface area contributed by atoms with Crippen molar-refractivity contribution in [1.29, 1.82) is 0 Å². The summed E-state index contributed by atoms with van der Waals surface area (Å²) in [6, 6.07) is 7.08. The molecule has 5 rings (SSSR count). The molecule has 0 atom stereocenters. The predicted octanol–water partition coefficient (Wildman–Crippen LogP) is 2.98. The average Bonchev–Trinajstić information content (AvgIpc) is 2.98. The highest BCUT2D eigenvalue weighted by molar-refractivity contribution is 7.20. The van der Waals surface area contributed by atoms with Gasteiger partial charge in [0, 0.05) is 19.5 Å². The molecule has 4 aromatic rings. The molecular formula is C23H24N6O3S. The van der Waals surface area contributed by atoms with Gasteiger partial charge >= 0.3 is 0 Å². The molecule has 1 aliphatic heterocycles. The summed E-state index contributed by atoms with van der Waals surface area (Å²) in [6.07, 6.45) is 3.82. The number of benzene rings is 1. The molecule has 0 spiro atoms. The van der Waals surface area contributed by atoms with Gasteiger partial charge in [-0.15, -0.1) is 11.3 Å². The molecule has 1 aliphatic rings. The number of aryl methyl sites for hydroxylation is 2. The summed E-state index contributed by atoms with van der Waals surface area (Å²) in [5.41, 5.74) is 6.35. The van der Waals surface area contributed by atoms with Gasteiger partial charge in [-0.25, -0.2) is 9.97 Å². The van der Waals surface area contributed by atoms with Gasteiger partial charge in [-0.1, -0.05) is 18.6 Å². The van der Waals surface area contributed by atoms with Crippen molar-refractivity contribution in [3.63, 3.8) is 0 Å². The van der Waals surface area contributed by atoms with Gasteiger partial charge < -0.3 is 0 Å². The first-order valence-electron chi connectivity index (χ1n) is 11.1. The van der Waals surface area contributed by atoms with E-state index in [-0.39, 0.29) is 17.1 Å². The molecule has 9 nitrogen and oxygen atoms in total. The summed E-state index contributed by atoms with van der Waals surface area (Å²) in [5.74, 6) is 0.641. The maximum atomic E-state index is 13.1. The third kappa shape index (κ3) is 3.60. The number of hydrazine groups is 1. The van der Waals surface area contributed by atoms with E-state index in [2.05, 4.69) is 15.8 Å². The molecular weight excluding hydrogens is 440 g/mol. The first-order chi connectivity index (χ1) is 16.0. The van der Waals surface area contributed by atoms with Crippen LogP contribution in [0.15, 0.2) is 33.9 Å². The van der Waals surface area contributed by atoms with Crippen LogP contribution in [0.5, 0.6) is 0 Å². The third-order valence-electron chi connectivity index (χ3n) is 6.08. The summed E-state index contributed by atoms with van der Waals surface area (Å²) >= 11 is 1.21. The van der Waals surface area contributed by atoms with E-state index in [0.717, 1.165) is 31.5 Å². The molecule has 0 fully saturated rings. The highest BCUT2D eigenvalue weighted by atomic mass is 32.1. The summed E-state index contributed by atoms with van der Waals surface area (Å²) in [6.45, 7) is 4.67. The first kappa shape index (κ1) is 21.3. The van der Waals surface area contributed by atoms with Crippen molar-refractivity contribution in [2.45, 2.75) is 52.6 Å². The van der Waals surface area contributed by atoms with E-state index in [1.54, 1.807) is 35.8 Å². The molecule has 0 bridgehead atoms. The predicted molar refractivity (Wildman–Crippen MR) is 129 cm³/mol. The lowest BCUT2D eigenvalue weighted by Crippen LogP contribution is -2.34. The number of aromatic nitrogens is 4. The molecule has 1 aromatic carbocycles. The number of anilines is 1. The van der Waals surface area contributed by atoms with Gasteiger partial charge in [0.05, 0.1) is 21.2 Å². The van der Waals surface area contributed by atoms with Crippen LogP contribution in [0.3, 0.4) is 0 Å². The second kappa shape index (κ2) is 8.43. The zero-order chi connectivity index (χ0) is 23.1. The maximum absolute atomic E-state index is 13.1. The number of thiophene rings is 1. The molecule has 33 heavy (non-hydrogen) atoms. The Morgan fingerprint density at radius 2 is 1.94 bits per heavy atom. The topological polar surface area (TPSA) is 111 Å². The standard InChI is InChI=1S/C23H24N6O3S/c1-3-28-21(31)14-9-6-7-10-15(14)24-23(28)27-26-19(30)18-13(2)17-20(33-18)25-16-11-5-4-8-12-29(16)22(17)32/h6-7,9-10H,3-5,8,11-12H2,1-2H3,(H,24,27)(H,26,30). The minimum atomic E-state index is -0.403. The molecule has 170 valence electrons. The highest BCUT2D eigenvalue weighted by Gasteiger charge is 2.22. The quantitative estimate of drug-likeness (QED) is 0.449. The molecule has 0 saturated carbocycles. The number of hydrogen-bond donors (Lipinski definition) is 2. The Bertz CT molecular complexity index is 1520. The monoisotopic (exact) mass is 464 g/mol. The molecule has 3 aromatic heterocycles. The van der Waals surface area contributed by atoms with E-state index in [9.17, 15) is 14.4 Å². The summed E-state index contributed by atoms with van der Waals surface area (Å²) in [5, 5.41) is 1.02. The van der Waals surface area contributed by atoms with E-state index in [1.807, 2.05) is 6.92 Å². The van der Waals surface area contributed by atoms with E-state index in [4.69, 9.17) is 4.98 Å². The smallest absolute Gasteiger partial charge is 0.280 e. The lowest BCUT2D eigenvalue weighted by Gasteiger charge is -2.13.